The Bertz CT molecular complexity index is 1320. The first kappa shape index (κ1) is 22.2. The highest BCUT2D eigenvalue weighted by atomic mass is 35.5. The van der Waals surface area contributed by atoms with E-state index in [-0.39, 0.29) is 17.6 Å². The maximum Gasteiger partial charge on any atom is 0.255 e. The normalized spacial score (nSPS) is 20.1. The quantitative estimate of drug-likeness (QED) is 0.512. The lowest BCUT2D eigenvalue weighted by Gasteiger charge is -2.36. The molecule has 1 aromatic carbocycles. The number of aryl methyl sites for hydroxylation is 1. The van der Waals surface area contributed by atoms with Crippen molar-refractivity contribution in [2.45, 2.75) is 38.5 Å². The minimum atomic E-state index is -0.537. The third-order valence-electron chi connectivity index (χ3n) is 6.35. The molecule has 2 aromatic heterocycles. The van der Waals surface area contributed by atoms with Crippen LogP contribution >= 0.6 is 11.6 Å². The number of benzene rings is 1. The largest absolute Gasteiger partial charge is 0.469 e. The molecule has 5 rings (SSSR count). The molecule has 1 aliphatic carbocycles. The van der Waals surface area contributed by atoms with Crippen LogP contribution in [0.1, 0.15) is 48.5 Å². The number of rotatable bonds is 4. The number of allylic oxidation sites excluding steroid dienone is 3. The van der Waals surface area contributed by atoms with Gasteiger partial charge in [-0.15, -0.1) is 0 Å². The number of amides is 1. The van der Waals surface area contributed by atoms with Crippen LogP contribution in [0, 0.1) is 6.92 Å². The summed E-state index contributed by atoms with van der Waals surface area (Å²) in [6.07, 6.45) is 4.26. The van der Waals surface area contributed by atoms with Crippen molar-refractivity contribution < 1.29 is 14.0 Å². The predicted molar refractivity (Wildman–Crippen MR) is 130 cm³/mol. The molecule has 34 heavy (non-hydrogen) atoms. The van der Waals surface area contributed by atoms with Gasteiger partial charge in [-0.05, 0) is 61.7 Å². The van der Waals surface area contributed by atoms with E-state index in [1.807, 2.05) is 50.2 Å². The van der Waals surface area contributed by atoms with Crippen LogP contribution in [0.15, 0.2) is 87.9 Å². The SMILES string of the molecule is CC1=C(C(=O)Nc2ccc(C)cn2)C(c2cccc(Cl)c2)C2=C(CC(c3ccco3)CC2=O)N1. The highest BCUT2D eigenvalue weighted by molar-refractivity contribution is 6.30. The number of ketones is 1. The first-order chi connectivity index (χ1) is 16.4. The van der Waals surface area contributed by atoms with Crippen molar-refractivity contribution in [2.24, 2.45) is 0 Å². The van der Waals surface area contributed by atoms with Crippen LogP contribution in [-0.4, -0.2) is 16.7 Å². The number of carbonyl (C=O) groups excluding carboxylic acids is 2. The number of anilines is 1. The highest BCUT2D eigenvalue weighted by Gasteiger charge is 2.41. The van der Waals surface area contributed by atoms with Gasteiger partial charge in [-0.25, -0.2) is 4.98 Å². The second-order valence-electron chi connectivity index (χ2n) is 8.76. The van der Waals surface area contributed by atoms with Crippen molar-refractivity contribution in [2.75, 3.05) is 5.32 Å². The molecule has 0 fully saturated rings. The molecule has 1 aliphatic heterocycles. The number of aromatic nitrogens is 1. The average molecular weight is 474 g/mol. The maximum atomic E-state index is 13.5. The van der Waals surface area contributed by atoms with Gasteiger partial charge < -0.3 is 15.1 Å². The summed E-state index contributed by atoms with van der Waals surface area (Å²) in [5.74, 6) is 0.342. The first-order valence-corrected chi connectivity index (χ1v) is 11.6. The van der Waals surface area contributed by atoms with Crippen LogP contribution in [0.5, 0.6) is 0 Å². The summed E-state index contributed by atoms with van der Waals surface area (Å²) >= 11 is 6.32. The maximum absolute atomic E-state index is 13.5. The number of hydrogen-bond donors (Lipinski definition) is 2. The van der Waals surface area contributed by atoms with Crippen molar-refractivity contribution in [3.05, 3.63) is 105 Å². The number of halogens is 1. The molecule has 0 saturated heterocycles. The molecule has 3 aromatic rings. The Morgan fingerprint density at radius 1 is 1.15 bits per heavy atom. The lowest BCUT2D eigenvalue weighted by Crippen LogP contribution is -2.37. The lowest BCUT2D eigenvalue weighted by molar-refractivity contribution is -0.116. The number of furan rings is 1. The zero-order valence-electron chi connectivity index (χ0n) is 18.9. The van der Waals surface area contributed by atoms with Crippen molar-refractivity contribution in [1.82, 2.24) is 10.3 Å². The summed E-state index contributed by atoms with van der Waals surface area (Å²) in [6, 6.07) is 14.7. The van der Waals surface area contributed by atoms with Crippen LogP contribution in [0.3, 0.4) is 0 Å². The van der Waals surface area contributed by atoms with Crippen LogP contribution in [-0.2, 0) is 9.59 Å². The smallest absolute Gasteiger partial charge is 0.255 e. The second-order valence-corrected chi connectivity index (χ2v) is 9.20. The van der Waals surface area contributed by atoms with Gasteiger partial charge in [0.05, 0.1) is 6.26 Å². The van der Waals surface area contributed by atoms with Gasteiger partial charge in [0.15, 0.2) is 5.78 Å². The van der Waals surface area contributed by atoms with E-state index in [9.17, 15) is 9.59 Å². The fraction of sp³-hybridized carbons (Fsp3) is 0.222. The fourth-order valence-corrected chi connectivity index (χ4v) is 5.01. The molecule has 2 unspecified atom stereocenters. The summed E-state index contributed by atoms with van der Waals surface area (Å²) in [5.41, 5.74) is 4.41. The Hall–Kier alpha value is -3.64. The predicted octanol–water partition coefficient (Wildman–Crippen LogP) is 5.64. The minimum absolute atomic E-state index is 0.00798. The molecule has 2 N–H and O–H groups in total. The molecule has 2 atom stereocenters. The Kier molecular flexibility index (Phi) is 5.84. The summed E-state index contributed by atoms with van der Waals surface area (Å²) in [5, 5.41) is 6.81. The van der Waals surface area contributed by atoms with Gasteiger partial charge in [0, 0.05) is 52.0 Å². The van der Waals surface area contributed by atoms with Crippen molar-refractivity contribution in [3.63, 3.8) is 0 Å². The van der Waals surface area contributed by atoms with Gasteiger partial charge in [-0.1, -0.05) is 29.8 Å². The molecule has 3 heterocycles. The minimum Gasteiger partial charge on any atom is -0.469 e. The fourth-order valence-electron chi connectivity index (χ4n) is 4.81. The van der Waals surface area contributed by atoms with E-state index in [4.69, 9.17) is 16.0 Å². The number of hydrogen-bond acceptors (Lipinski definition) is 5. The van der Waals surface area contributed by atoms with Gasteiger partial charge >= 0.3 is 0 Å². The van der Waals surface area contributed by atoms with Gasteiger partial charge in [0.2, 0.25) is 0 Å². The highest BCUT2D eigenvalue weighted by Crippen LogP contribution is 2.46. The van der Waals surface area contributed by atoms with E-state index >= 15 is 0 Å². The van der Waals surface area contributed by atoms with Crippen molar-refractivity contribution in [1.29, 1.82) is 0 Å². The van der Waals surface area contributed by atoms with E-state index in [0.29, 0.717) is 40.5 Å². The number of nitrogens with zero attached hydrogens (tertiary/aromatic N) is 1. The number of dihydropyridines is 1. The van der Waals surface area contributed by atoms with E-state index in [2.05, 4.69) is 15.6 Å². The molecule has 172 valence electrons. The third kappa shape index (κ3) is 4.17. The molecule has 0 saturated carbocycles. The second kappa shape index (κ2) is 8.95. The standard InChI is InChI=1S/C27H24ClN3O3/c1-15-8-9-23(29-14-15)31-27(33)24-16(2)30-20-12-18(22-7-4-10-34-22)13-21(32)26(20)25(24)17-5-3-6-19(28)11-17/h3-11,14,18,25,30H,12-13H2,1-2H3,(H,29,31,33). The van der Waals surface area contributed by atoms with Crippen molar-refractivity contribution >= 4 is 29.1 Å². The van der Waals surface area contributed by atoms with E-state index < -0.39 is 5.92 Å². The van der Waals surface area contributed by atoms with Gasteiger partial charge in [0.25, 0.3) is 5.91 Å². The Balaban J connectivity index is 1.56. The summed E-state index contributed by atoms with van der Waals surface area (Å²) in [4.78, 5) is 31.4. The molecule has 0 radical (unpaired) electrons. The number of Topliss-reactive ketones (excluding diaryl/α,β-unsaturated/α-hetero) is 1. The van der Waals surface area contributed by atoms with Gasteiger partial charge in [-0.3, -0.25) is 9.59 Å². The molecule has 2 aliphatic rings. The molecular weight excluding hydrogens is 450 g/mol. The Morgan fingerprint density at radius 3 is 2.71 bits per heavy atom. The number of pyridine rings is 1. The van der Waals surface area contributed by atoms with Crippen LogP contribution in [0.4, 0.5) is 5.82 Å². The summed E-state index contributed by atoms with van der Waals surface area (Å²) in [7, 11) is 0. The molecular formula is C27H24ClN3O3. The molecule has 1 amide bonds. The average Bonchev–Trinajstić information content (AvgIpc) is 3.34. The Labute approximate surface area is 202 Å². The van der Waals surface area contributed by atoms with Crippen LogP contribution in [0.25, 0.3) is 0 Å². The number of nitrogens with one attached hydrogen (secondary N) is 2. The monoisotopic (exact) mass is 473 g/mol. The van der Waals surface area contributed by atoms with E-state index in [0.717, 1.165) is 22.6 Å². The Morgan fingerprint density at radius 2 is 2.00 bits per heavy atom. The number of carbonyl (C=O) groups is 2. The molecule has 6 nitrogen and oxygen atoms in total. The van der Waals surface area contributed by atoms with Crippen LogP contribution < -0.4 is 10.6 Å². The van der Waals surface area contributed by atoms with Gasteiger partial charge in [-0.2, -0.15) is 0 Å². The zero-order valence-corrected chi connectivity index (χ0v) is 19.6. The summed E-state index contributed by atoms with van der Waals surface area (Å²) in [6.45, 7) is 3.80. The van der Waals surface area contributed by atoms with E-state index in [1.165, 1.54) is 0 Å². The summed E-state index contributed by atoms with van der Waals surface area (Å²) < 4.78 is 5.59. The van der Waals surface area contributed by atoms with Crippen molar-refractivity contribution in [3.8, 4) is 0 Å². The molecule has 0 bridgehead atoms. The van der Waals surface area contributed by atoms with Crippen LogP contribution in [0.2, 0.25) is 5.02 Å². The van der Waals surface area contributed by atoms with Gasteiger partial charge in [0.1, 0.15) is 11.6 Å². The molecule has 0 spiro atoms. The first-order valence-electron chi connectivity index (χ1n) is 11.2. The third-order valence-corrected chi connectivity index (χ3v) is 6.59. The molecule has 7 heteroatoms. The van der Waals surface area contributed by atoms with E-state index in [1.54, 1.807) is 24.6 Å². The topological polar surface area (TPSA) is 84.2 Å². The zero-order chi connectivity index (χ0) is 23.8. The lowest BCUT2D eigenvalue weighted by atomic mass is 9.72.